The third kappa shape index (κ3) is 8.97. The molecule has 0 saturated heterocycles. The molecule has 0 aliphatic carbocycles. The van der Waals surface area contributed by atoms with Gasteiger partial charge in [-0.1, -0.05) is 42.3 Å². The summed E-state index contributed by atoms with van der Waals surface area (Å²) in [5.41, 5.74) is 2.58. The SMILES string of the molecule is CCc1nn(CCCC(=O)OC(C)(C)C)c(CCCc2ccc(OC)cc2)c1Oc1cc(Cl)cc(Cl)c1. The highest BCUT2D eigenvalue weighted by Crippen LogP contribution is 2.34. The number of carbonyl (C=O) groups excluding carboxylic acids is 1. The van der Waals surface area contributed by atoms with E-state index in [2.05, 4.69) is 12.1 Å². The largest absolute Gasteiger partial charge is 0.497 e. The Morgan fingerprint density at radius 3 is 2.24 bits per heavy atom. The number of carbonyl (C=O) groups is 1. The van der Waals surface area contributed by atoms with Gasteiger partial charge in [0.15, 0.2) is 5.75 Å². The highest BCUT2D eigenvalue weighted by Gasteiger charge is 2.21. The minimum absolute atomic E-state index is 0.207. The van der Waals surface area contributed by atoms with E-state index in [-0.39, 0.29) is 5.97 Å². The van der Waals surface area contributed by atoms with Gasteiger partial charge < -0.3 is 14.2 Å². The van der Waals surface area contributed by atoms with E-state index >= 15 is 0 Å². The van der Waals surface area contributed by atoms with Gasteiger partial charge >= 0.3 is 5.97 Å². The van der Waals surface area contributed by atoms with E-state index in [0.29, 0.717) is 41.6 Å². The molecule has 8 heteroatoms. The smallest absolute Gasteiger partial charge is 0.306 e. The van der Waals surface area contributed by atoms with Crippen LogP contribution in [0.25, 0.3) is 0 Å². The molecule has 1 aromatic heterocycles. The zero-order valence-electron chi connectivity index (χ0n) is 22.3. The summed E-state index contributed by atoms with van der Waals surface area (Å²) in [6.07, 6.45) is 4.21. The molecule has 3 rings (SSSR count). The van der Waals surface area contributed by atoms with Gasteiger partial charge in [-0.3, -0.25) is 9.48 Å². The van der Waals surface area contributed by atoms with Crippen LogP contribution in [0.5, 0.6) is 17.2 Å². The van der Waals surface area contributed by atoms with E-state index < -0.39 is 5.60 Å². The van der Waals surface area contributed by atoms with E-state index in [1.807, 2.05) is 44.5 Å². The fourth-order valence-electron chi connectivity index (χ4n) is 4.04. The maximum absolute atomic E-state index is 12.2. The van der Waals surface area contributed by atoms with E-state index in [1.165, 1.54) is 5.56 Å². The second kappa shape index (κ2) is 13.2. The molecule has 0 spiro atoms. The Labute approximate surface area is 229 Å². The van der Waals surface area contributed by atoms with Crippen LogP contribution in [0.15, 0.2) is 42.5 Å². The summed E-state index contributed by atoms with van der Waals surface area (Å²) < 4.78 is 19.0. The van der Waals surface area contributed by atoms with Crippen molar-refractivity contribution in [1.29, 1.82) is 0 Å². The molecule has 6 nitrogen and oxygen atoms in total. The van der Waals surface area contributed by atoms with Gasteiger partial charge in [-0.25, -0.2) is 0 Å². The fraction of sp³-hybridized carbons (Fsp3) is 0.448. The van der Waals surface area contributed by atoms with Gasteiger partial charge in [0.1, 0.15) is 22.8 Å². The molecule has 0 fully saturated rings. The Morgan fingerprint density at radius 1 is 0.973 bits per heavy atom. The third-order valence-electron chi connectivity index (χ3n) is 5.68. The van der Waals surface area contributed by atoms with Crippen LogP contribution in [0.4, 0.5) is 0 Å². The number of methoxy groups -OCH3 is 1. The summed E-state index contributed by atoms with van der Waals surface area (Å²) in [6.45, 7) is 8.26. The molecular weight excluding hydrogens is 511 g/mol. The number of nitrogens with zero attached hydrogens (tertiary/aromatic N) is 2. The minimum Gasteiger partial charge on any atom is -0.497 e. The summed E-state index contributed by atoms with van der Waals surface area (Å²) in [7, 11) is 1.67. The number of aromatic nitrogens is 2. The molecule has 0 N–H and O–H groups in total. The van der Waals surface area contributed by atoms with Gasteiger partial charge in [0.2, 0.25) is 0 Å². The maximum Gasteiger partial charge on any atom is 0.306 e. The number of benzene rings is 2. The van der Waals surface area contributed by atoms with Crippen LogP contribution in [0.1, 0.15) is 63.9 Å². The third-order valence-corrected chi connectivity index (χ3v) is 6.11. The number of halogens is 2. The summed E-state index contributed by atoms with van der Waals surface area (Å²) in [4.78, 5) is 12.2. The Balaban J connectivity index is 1.80. The summed E-state index contributed by atoms with van der Waals surface area (Å²) in [5, 5.41) is 5.86. The lowest BCUT2D eigenvalue weighted by molar-refractivity contribution is -0.154. The van der Waals surface area contributed by atoms with E-state index in [1.54, 1.807) is 25.3 Å². The number of esters is 1. The molecule has 1 heterocycles. The van der Waals surface area contributed by atoms with Crippen molar-refractivity contribution in [3.05, 3.63) is 69.5 Å². The first-order chi connectivity index (χ1) is 17.6. The molecule has 37 heavy (non-hydrogen) atoms. The van der Waals surface area contributed by atoms with Crippen LogP contribution in [0, 0.1) is 0 Å². The van der Waals surface area contributed by atoms with Gasteiger partial charge in [-0.2, -0.15) is 5.10 Å². The first-order valence-corrected chi connectivity index (χ1v) is 13.4. The van der Waals surface area contributed by atoms with Crippen LogP contribution < -0.4 is 9.47 Å². The average molecular weight is 548 g/mol. The van der Waals surface area contributed by atoms with Crippen molar-refractivity contribution in [2.45, 2.75) is 78.4 Å². The second-order valence-electron chi connectivity index (χ2n) is 9.90. The monoisotopic (exact) mass is 546 g/mol. The van der Waals surface area contributed by atoms with Crippen LogP contribution in [-0.4, -0.2) is 28.5 Å². The van der Waals surface area contributed by atoms with Crippen LogP contribution in [0.3, 0.4) is 0 Å². The Morgan fingerprint density at radius 2 is 1.65 bits per heavy atom. The Kier molecular flexibility index (Phi) is 10.3. The lowest BCUT2D eigenvalue weighted by Crippen LogP contribution is -2.24. The molecule has 0 saturated carbocycles. The van der Waals surface area contributed by atoms with Crippen molar-refractivity contribution in [2.75, 3.05) is 7.11 Å². The van der Waals surface area contributed by atoms with Gasteiger partial charge in [0, 0.05) is 23.0 Å². The first kappa shape index (κ1) is 28.9. The highest BCUT2D eigenvalue weighted by atomic mass is 35.5. The lowest BCUT2D eigenvalue weighted by Gasteiger charge is -2.19. The van der Waals surface area contributed by atoms with Gasteiger partial charge in [-0.05, 0) is 88.8 Å². The van der Waals surface area contributed by atoms with Gasteiger partial charge in [-0.15, -0.1) is 0 Å². The molecule has 0 aliphatic rings. The van der Waals surface area contributed by atoms with Crippen LogP contribution in [-0.2, 0) is 35.3 Å². The molecule has 200 valence electrons. The second-order valence-corrected chi connectivity index (χ2v) is 10.8. The first-order valence-electron chi connectivity index (χ1n) is 12.6. The van der Waals surface area contributed by atoms with Crippen molar-refractivity contribution in [3.8, 4) is 17.2 Å². The standard InChI is InChI=1S/C29H36Cl2N2O4/c1-6-25-28(36-24-18-21(30)17-22(31)19-24)26(10-7-9-20-12-14-23(35-5)15-13-20)33(32-25)16-8-11-27(34)37-29(2,3)4/h12-15,17-19H,6-11,16H2,1-5H3. The average Bonchev–Trinajstić information content (AvgIpc) is 3.14. The molecule has 0 atom stereocenters. The molecule has 2 aromatic carbocycles. The minimum atomic E-state index is -0.496. The molecule has 0 unspecified atom stereocenters. The number of aryl methyl sites for hydroxylation is 3. The van der Waals surface area contributed by atoms with E-state index in [0.717, 1.165) is 42.1 Å². The Bertz CT molecular complexity index is 1160. The predicted octanol–water partition coefficient (Wildman–Crippen LogP) is 7.85. The lowest BCUT2D eigenvalue weighted by atomic mass is 10.1. The maximum atomic E-state index is 12.2. The predicted molar refractivity (Wildman–Crippen MR) is 148 cm³/mol. The summed E-state index contributed by atoms with van der Waals surface area (Å²) in [5.74, 6) is 1.93. The van der Waals surface area contributed by atoms with Crippen molar-refractivity contribution < 1.29 is 19.0 Å². The van der Waals surface area contributed by atoms with E-state index in [4.69, 9.17) is 42.5 Å². The molecule has 0 radical (unpaired) electrons. The quantitative estimate of drug-likeness (QED) is 0.216. The summed E-state index contributed by atoms with van der Waals surface area (Å²) in [6, 6.07) is 13.3. The van der Waals surface area contributed by atoms with Crippen LogP contribution >= 0.6 is 23.2 Å². The zero-order chi connectivity index (χ0) is 27.0. The van der Waals surface area contributed by atoms with Gasteiger partial charge in [0.25, 0.3) is 0 Å². The number of ether oxygens (including phenoxy) is 3. The summed E-state index contributed by atoms with van der Waals surface area (Å²) >= 11 is 12.4. The van der Waals surface area contributed by atoms with E-state index in [9.17, 15) is 4.79 Å². The van der Waals surface area contributed by atoms with Crippen molar-refractivity contribution in [3.63, 3.8) is 0 Å². The zero-order valence-corrected chi connectivity index (χ0v) is 23.8. The molecule has 3 aromatic rings. The normalized spacial score (nSPS) is 11.4. The van der Waals surface area contributed by atoms with Gasteiger partial charge in [0.05, 0.1) is 12.8 Å². The van der Waals surface area contributed by atoms with Crippen molar-refractivity contribution in [1.82, 2.24) is 9.78 Å². The number of hydrogen-bond acceptors (Lipinski definition) is 5. The van der Waals surface area contributed by atoms with Crippen molar-refractivity contribution >= 4 is 29.2 Å². The topological polar surface area (TPSA) is 62.6 Å². The van der Waals surface area contributed by atoms with Crippen molar-refractivity contribution in [2.24, 2.45) is 0 Å². The van der Waals surface area contributed by atoms with Crippen LogP contribution in [0.2, 0.25) is 10.0 Å². The molecular formula is C29H36Cl2N2O4. The molecule has 0 bridgehead atoms. The number of hydrogen-bond donors (Lipinski definition) is 0. The number of rotatable bonds is 12. The highest BCUT2D eigenvalue weighted by molar-refractivity contribution is 6.34. The molecule has 0 aliphatic heterocycles. The Hall–Kier alpha value is -2.70. The fourth-order valence-corrected chi connectivity index (χ4v) is 4.54. The molecule has 0 amide bonds.